The van der Waals surface area contributed by atoms with E-state index in [9.17, 15) is 0 Å². The lowest BCUT2D eigenvalue weighted by Crippen LogP contribution is -2.01. The van der Waals surface area contributed by atoms with Crippen LogP contribution in [0.5, 0.6) is 0 Å². The van der Waals surface area contributed by atoms with E-state index in [0.29, 0.717) is 0 Å². The van der Waals surface area contributed by atoms with E-state index >= 15 is 0 Å². The third-order valence-electron chi connectivity index (χ3n) is 5.46. The standard InChI is InChI=1S/C29H20S4/c1-5-13-21(14-6-1)25-26(22-15-7-2-8-16-22)31-29(30-25)32-27(23-17-9-3-10-18-23)28(33-29)24-19-11-4-12-20-24/h1-20H. The molecule has 0 fully saturated rings. The lowest BCUT2D eigenvalue weighted by atomic mass is 10.1. The average Bonchev–Trinajstić information content (AvgIpc) is 3.47. The molecule has 2 aliphatic heterocycles. The number of thioether (sulfide) groups is 4. The first-order valence-corrected chi connectivity index (χ1v) is 14.0. The second kappa shape index (κ2) is 9.19. The lowest BCUT2D eigenvalue weighted by molar-refractivity contribution is 1.63. The normalized spacial score (nSPS) is 17.2. The van der Waals surface area contributed by atoms with Gasteiger partial charge in [0.05, 0.1) is 0 Å². The van der Waals surface area contributed by atoms with Gasteiger partial charge < -0.3 is 0 Å². The minimum Gasteiger partial charge on any atom is -0.0835 e. The molecule has 0 nitrogen and oxygen atoms in total. The minimum absolute atomic E-state index is 0.0906. The maximum Gasteiger partial charge on any atom is 0.171 e. The molecule has 6 rings (SSSR count). The zero-order chi connectivity index (χ0) is 22.1. The van der Waals surface area contributed by atoms with Crippen molar-refractivity contribution in [1.82, 2.24) is 0 Å². The maximum atomic E-state index is 2.23. The summed E-state index contributed by atoms with van der Waals surface area (Å²) in [5.74, 6) is 0. The van der Waals surface area contributed by atoms with E-state index in [1.165, 1.54) is 41.9 Å². The van der Waals surface area contributed by atoms with Gasteiger partial charge in [0.2, 0.25) is 0 Å². The first-order chi connectivity index (χ1) is 16.3. The smallest absolute Gasteiger partial charge is 0.0835 e. The van der Waals surface area contributed by atoms with Crippen molar-refractivity contribution in [2.24, 2.45) is 0 Å². The van der Waals surface area contributed by atoms with Crippen LogP contribution in [0.15, 0.2) is 121 Å². The van der Waals surface area contributed by atoms with Crippen LogP contribution in [0, 0.1) is 0 Å². The van der Waals surface area contributed by atoms with E-state index in [1.807, 2.05) is 47.0 Å². The monoisotopic (exact) mass is 496 g/mol. The van der Waals surface area contributed by atoms with Gasteiger partial charge in [0.25, 0.3) is 0 Å². The van der Waals surface area contributed by atoms with Gasteiger partial charge in [-0.1, -0.05) is 168 Å². The quantitative estimate of drug-likeness (QED) is 0.276. The zero-order valence-electron chi connectivity index (χ0n) is 17.7. The van der Waals surface area contributed by atoms with Crippen LogP contribution in [-0.4, -0.2) is 2.74 Å². The third kappa shape index (κ3) is 4.22. The van der Waals surface area contributed by atoms with Crippen molar-refractivity contribution in [2.75, 3.05) is 0 Å². The molecule has 0 atom stereocenters. The lowest BCUT2D eigenvalue weighted by Gasteiger charge is -2.21. The van der Waals surface area contributed by atoms with Crippen molar-refractivity contribution in [3.63, 3.8) is 0 Å². The van der Waals surface area contributed by atoms with Crippen molar-refractivity contribution in [3.8, 4) is 0 Å². The van der Waals surface area contributed by atoms with Gasteiger partial charge in [0.1, 0.15) is 0 Å². The highest BCUT2D eigenvalue weighted by Gasteiger charge is 2.49. The van der Waals surface area contributed by atoms with Crippen LogP contribution >= 0.6 is 47.0 Å². The summed E-state index contributed by atoms with van der Waals surface area (Å²) in [5.41, 5.74) is 5.17. The van der Waals surface area contributed by atoms with Gasteiger partial charge in [0.15, 0.2) is 2.74 Å². The molecule has 2 aliphatic rings. The molecule has 0 saturated heterocycles. The fourth-order valence-corrected chi connectivity index (χ4v) is 11.3. The molecule has 0 amide bonds. The molecule has 0 unspecified atom stereocenters. The van der Waals surface area contributed by atoms with Gasteiger partial charge in [0, 0.05) is 19.6 Å². The van der Waals surface area contributed by atoms with Crippen LogP contribution in [-0.2, 0) is 0 Å². The van der Waals surface area contributed by atoms with Crippen molar-refractivity contribution < 1.29 is 0 Å². The Balaban J connectivity index is 1.44. The van der Waals surface area contributed by atoms with Gasteiger partial charge in [-0.15, -0.1) is 0 Å². The Labute approximate surface area is 212 Å². The van der Waals surface area contributed by atoms with E-state index in [2.05, 4.69) is 121 Å². The van der Waals surface area contributed by atoms with Crippen LogP contribution < -0.4 is 0 Å². The van der Waals surface area contributed by atoms with E-state index < -0.39 is 0 Å². The van der Waals surface area contributed by atoms with E-state index in [1.54, 1.807) is 0 Å². The zero-order valence-corrected chi connectivity index (χ0v) is 20.9. The molecule has 4 aromatic rings. The molecule has 2 heterocycles. The van der Waals surface area contributed by atoms with Gasteiger partial charge in [-0.25, -0.2) is 0 Å². The molecule has 0 N–H and O–H groups in total. The van der Waals surface area contributed by atoms with Crippen LogP contribution in [0.3, 0.4) is 0 Å². The molecule has 0 bridgehead atoms. The van der Waals surface area contributed by atoms with Crippen molar-refractivity contribution in [1.29, 1.82) is 0 Å². The molecular weight excluding hydrogens is 477 g/mol. The minimum atomic E-state index is -0.0906. The molecule has 0 aromatic heterocycles. The molecule has 160 valence electrons. The van der Waals surface area contributed by atoms with E-state index in [0.717, 1.165) is 0 Å². The summed E-state index contributed by atoms with van der Waals surface area (Å²) in [6.07, 6.45) is 0. The number of hydrogen-bond donors (Lipinski definition) is 0. The van der Waals surface area contributed by atoms with Crippen molar-refractivity contribution in [3.05, 3.63) is 144 Å². The Bertz CT molecular complexity index is 1110. The van der Waals surface area contributed by atoms with Crippen molar-refractivity contribution >= 4 is 66.7 Å². The van der Waals surface area contributed by atoms with Crippen LogP contribution in [0.25, 0.3) is 19.6 Å². The Kier molecular flexibility index (Phi) is 5.93. The maximum absolute atomic E-state index is 2.23. The fraction of sp³-hybridized carbons (Fsp3) is 0.0345. The molecule has 33 heavy (non-hydrogen) atoms. The van der Waals surface area contributed by atoms with Gasteiger partial charge in [-0.3, -0.25) is 0 Å². The molecule has 0 radical (unpaired) electrons. The number of benzene rings is 4. The highest BCUT2D eigenvalue weighted by atomic mass is 32.3. The SMILES string of the molecule is c1ccc(C2=C(c3ccccc3)SC3(S2)SC(c2ccccc2)=C(c2ccccc2)S3)cc1. The summed E-state index contributed by atoms with van der Waals surface area (Å²) in [6, 6.07) is 43.4. The fourth-order valence-electron chi connectivity index (χ4n) is 3.93. The first-order valence-electron chi connectivity index (χ1n) is 10.8. The summed E-state index contributed by atoms with van der Waals surface area (Å²) in [7, 11) is 0. The Morgan fingerprint density at radius 1 is 0.303 bits per heavy atom. The topological polar surface area (TPSA) is 0 Å². The highest BCUT2D eigenvalue weighted by Crippen LogP contribution is 2.77. The molecule has 4 heteroatoms. The molecule has 0 aliphatic carbocycles. The third-order valence-corrected chi connectivity index (χ3v) is 12.3. The molecule has 1 spiro atoms. The number of rotatable bonds is 4. The summed E-state index contributed by atoms with van der Waals surface area (Å²) in [5, 5.41) is 0. The largest absolute Gasteiger partial charge is 0.171 e. The first kappa shape index (κ1) is 21.3. The molecular formula is C29H20S4. The van der Waals surface area contributed by atoms with Crippen LogP contribution in [0.4, 0.5) is 0 Å². The average molecular weight is 497 g/mol. The molecule has 0 saturated carbocycles. The predicted molar refractivity (Wildman–Crippen MR) is 152 cm³/mol. The summed E-state index contributed by atoms with van der Waals surface area (Å²) in [6.45, 7) is 0. The molecule has 4 aromatic carbocycles. The van der Waals surface area contributed by atoms with Gasteiger partial charge >= 0.3 is 0 Å². The summed E-state index contributed by atoms with van der Waals surface area (Å²) < 4.78 is -0.0906. The Morgan fingerprint density at radius 3 is 0.727 bits per heavy atom. The Hall–Kier alpha value is -2.24. The Morgan fingerprint density at radius 2 is 0.515 bits per heavy atom. The van der Waals surface area contributed by atoms with E-state index in [4.69, 9.17) is 0 Å². The van der Waals surface area contributed by atoms with E-state index in [-0.39, 0.29) is 2.74 Å². The van der Waals surface area contributed by atoms with Gasteiger partial charge in [-0.05, 0) is 22.3 Å². The predicted octanol–water partition coefficient (Wildman–Crippen LogP) is 9.61. The number of hydrogen-bond acceptors (Lipinski definition) is 4. The van der Waals surface area contributed by atoms with Crippen LogP contribution in [0.2, 0.25) is 0 Å². The second-order valence-corrected chi connectivity index (χ2v) is 14.1. The summed E-state index contributed by atoms with van der Waals surface area (Å²) >= 11 is 8.00. The van der Waals surface area contributed by atoms with Crippen LogP contribution in [0.1, 0.15) is 22.3 Å². The summed E-state index contributed by atoms with van der Waals surface area (Å²) in [4.78, 5) is 5.48. The second-order valence-electron chi connectivity index (χ2n) is 7.69. The van der Waals surface area contributed by atoms with Gasteiger partial charge in [-0.2, -0.15) is 0 Å². The highest BCUT2D eigenvalue weighted by molar-refractivity contribution is 8.58. The van der Waals surface area contributed by atoms with Crippen molar-refractivity contribution in [2.45, 2.75) is 2.74 Å².